The average Bonchev–Trinajstić information content (AvgIpc) is 3.39. The molecule has 0 saturated carbocycles. The van der Waals surface area contributed by atoms with Gasteiger partial charge in [-0.05, 0) is 24.1 Å². The number of hydrogen-bond acceptors (Lipinski definition) is 9. The van der Waals surface area contributed by atoms with Gasteiger partial charge in [-0.25, -0.2) is 9.78 Å². The lowest BCUT2D eigenvalue weighted by Crippen LogP contribution is -2.30. The van der Waals surface area contributed by atoms with E-state index >= 15 is 0 Å². The molecule has 1 atom stereocenters. The third-order valence-electron chi connectivity index (χ3n) is 5.46. The number of anilines is 1. The number of allylic oxidation sites excluding steroid dienone is 1. The summed E-state index contributed by atoms with van der Waals surface area (Å²) in [7, 11) is 1.21. The first kappa shape index (κ1) is 24.5. The number of ketones is 1. The lowest BCUT2D eigenvalue weighted by atomic mass is 9.95. The van der Waals surface area contributed by atoms with Crippen molar-refractivity contribution in [3.63, 3.8) is 0 Å². The van der Waals surface area contributed by atoms with E-state index in [1.807, 2.05) is 6.07 Å². The number of thiazole rings is 1. The number of nitrogens with zero attached hydrogens (tertiary/aromatic N) is 3. The molecule has 0 bridgehead atoms. The fourth-order valence-electron chi connectivity index (χ4n) is 3.77. The van der Waals surface area contributed by atoms with Gasteiger partial charge < -0.3 is 9.84 Å². The molecule has 1 unspecified atom stereocenters. The van der Waals surface area contributed by atoms with Gasteiger partial charge in [0.25, 0.3) is 11.6 Å². The van der Waals surface area contributed by atoms with E-state index in [0.717, 1.165) is 21.8 Å². The first-order valence-corrected chi connectivity index (χ1v) is 11.4. The van der Waals surface area contributed by atoms with Crippen LogP contribution in [0.1, 0.15) is 32.5 Å². The van der Waals surface area contributed by atoms with Crippen LogP contribution in [0.15, 0.2) is 72.0 Å². The van der Waals surface area contributed by atoms with Crippen LogP contribution in [0.2, 0.25) is 0 Å². The zero-order chi connectivity index (χ0) is 26.0. The second kappa shape index (κ2) is 9.92. The number of non-ortho nitro benzene ring substituents is 1. The highest BCUT2D eigenvalue weighted by atomic mass is 32.1. The number of carbonyl (C=O) groups excluding carboxylic acids is 3. The fraction of sp³-hybridized carbons (Fsp3) is 0.120. The van der Waals surface area contributed by atoms with Crippen molar-refractivity contribution in [1.29, 1.82) is 0 Å². The Kier molecular flexibility index (Phi) is 6.75. The Morgan fingerprint density at radius 3 is 2.58 bits per heavy atom. The number of aromatic nitrogens is 1. The number of carbonyl (C=O) groups is 3. The zero-order valence-corrected chi connectivity index (χ0v) is 19.9. The third kappa shape index (κ3) is 4.51. The summed E-state index contributed by atoms with van der Waals surface area (Å²) in [5.74, 6) is -3.05. The van der Waals surface area contributed by atoms with Gasteiger partial charge in [0.2, 0.25) is 0 Å². The molecule has 1 aliphatic rings. The summed E-state index contributed by atoms with van der Waals surface area (Å²) in [6.45, 7) is 1.55. The Labute approximate surface area is 208 Å². The topological polar surface area (TPSA) is 140 Å². The smallest absolute Gasteiger partial charge is 0.350 e. The van der Waals surface area contributed by atoms with E-state index in [9.17, 15) is 29.6 Å². The molecule has 0 radical (unpaired) electrons. The minimum absolute atomic E-state index is 0.0239. The van der Waals surface area contributed by atoms with E-state index in [2.05, 4.69) is 4.98 Å². The first-order valence-electron chi connectivity index (χ1n) is 10.6. The lowest BCUT2D eigenvalue weighted by molar-refractivity contribution is -0.384. The fourth-order valence-corrected chi connectivity index (χ4v) is 4.78. The number of esters is 1. The van der Waals surface area contributed by atoms with Crippen molar-refractivity contribution >= 4 is 45.9 Å². The maximum Gasteiger partial charge on any atom is 0.350 e. The van der Waals surface area contributed by atoms with E-state index in [0.29, 0.717) is 0 Å². The molecule has 4 rings (SSSR count). The standard InChI is InChI=1S/C25H19N3O7S/c1-14-22(24(32)35-2)36-25(26-14)27-20(16-9-6-10-17(13-16)28(33)34)19(21(30)23(27)31)18(29)12-11-15-7-4-3-5-8-15/h3-13,20,30H,1-2H3. The zero-order valence-electron chi connectivity index (χ0n) is 19.1. The predicted octanol–water partition coefficient (Wildman–Crippen LogP) is 4.33. The molecule has 10 nitrogen and oxygen atoms in total. The largest absolute Gasteiger partial charge is 0.503 e. The van der Waals surface area contributed by atoms with E-state index < -0.39 is 34.4 Å². The Balaban J connectivity index is 1.84. The van der Waals surface area contributed by atoms with E-state index in [-0.39, 0.29) is 32.5 Å². The van der Waals surface area contributed by atoms with Gasteiger partial charge in [-0.15, -0.1) is 0 Å². The third-order valence-corrected chi connectivity index (χ3v) is 6.60. The van der Waals surface area contributed by atoms with Crippen LogP contribution in [0.3, 0.4) is 0 Å². The summed E-state index contributed by atoms with van der Waals surface area (Å²) >= 11 is 0.847. The van der Waals surface area contributed by atoms with Crippen LogP contribution in [0.4, 0.5) is 10.8 Å². The van der Waals surface area contributed by atoms with Gasteiger partial charge in [0.1, 0.15) is 4.88 Å². The number of aliphatic hydroxyl groups is 1. The van der Waals surface area contributed by atoms with Gasteiger partial charge >= 0.3 is 5.97 Å². The van der Waals surface area contributed by atoms with E-state index in [4.69, 9.17) is 4.74 Å². The average molecular weight is 506 g/mol. The van der Waals surface area contributed by atoms with Gasteiger partial charge in [-0.1, -0.05) is 59.9 Å². The molecule has 1 aliphatic heterocycles. The molecule has 2 heterocycles. The molecule has 0 fully saturated rings. The van der Waals surface area contributed by atoms with Crippen LogP contribution in [-0.2, 0) is 14.3 Å². The highest BCUT2D eigenvalue weighted by molar-refractivity contribution is 7.17. The molecule has 0 aliphatic carbocycles. The van der Waals surface area contributed by atoms with E-state index in [1.54, 1.807) is 31.2 Å². The molecule has 2 aromatic carbocycles. The van der Waals surface area contributed by atoms with Crippen LogP contribution in [0.25, 0.3) is 6.08 Å². The number of aliphatic hydroxyl groups excluding tert-OH is 1. The Hall–Kier alpha value is -4.64. The highest BCUT2D eigenvalue weighted by Crippen LogP contribution is 2.43. The summed E-state index contributed by atoms with van der Waals surface area (Å²) in [6.07, 6.45) is 2.75. The Morgan fingerprint density at radius 2 is 1.92 bits per heavy atom. The summed E-state index contributed by atoms with van der Waals surface area (Å²) in [6, 6.07) is 13.1. The van der Waals surface area contributed by atoms with Gasteiger partial charge in [-0.3, -0.25) is 24.6 Å². The van der Waals surface area contributed by atoms with Crippen LogP contribution < -0.4 is 4.90 Å². The minimum Gasteiger partial charge on any atom is -0.503 e. The number of amides is 1. The Morgan fingerprint density at radius 1 is 1.19 bits per heavy atom. The molecule has 0 saturated heterocycles. The second-order valence-corrected chi connectivity index (χ2v) is 8.68. The van der Waals surface area contributed by atoms with Crippen LogP contribution in [0.5, 0.6) is 0 Å². The van der Waals surface area contributed by atoms with Gasteiger partial charge in [0, 0.05) is 12.1 Å². The van der Waals surface area contributed by atoms with E-state index in [1.165, 1.54) is 43.5 Å². The lowest BCUT2D eigenvalue weighted by Gasteiger charge is -2.24. The first-order chi connectivity index (χ1) is 17.2. The predicted molar refractivity (Wildman–Crippen MR) is 132 cm³/mol. The van der Waals surface area contributed by atoms with Crippen LogP contribution in [0, 0.1) is 17.0 Å². The summed E-state index contributed by atoms with van der Waals surface area (Å²) < 4.78 is 4.76. The quantitative estimate of drug-likeness (QED) is 0.217. The number of nitro groups is 1. The SMILES string of the molecule is COC(=O)c1sc(N2C(=O)C(O)=C(C(=O)C=Cc3ccccc3)C2c2cccc([N+](=O)[O-])c2)nc1C. The van der Waals surface area contributed by atoms with Crippen molar-refractivity contribution < 1.29 is 29.2 Å². The number of hydrogen-bond donors (Lipinski definition) is 1. The van der Waals surface area contributed by atoms with Crippen molar-refractivity contribution in [2.24, 2.45) is 0 Å². The number of aryl methyl sites for hydroxylation is 1. The van der Waals surface area contributed by atoms with Gasteiger partial charge in [0.15, 0.2) is 16.7 Å². The molecule has 3 aromatic rings. The van der Waals surface area contributed by atoms with Crippen molar-refractivity contribution in [2.75, 3.05) is 12.0 Å². The number of methoxy groups -OCH3 is 1. The highest BCUT2D eigenvalue weighted by Gasteiger charge is 2.45. The van der Waals surface area contributed by atoms with Crippen LogP contribution in [-0.4, -0.2) is 39.8 Å². The molecule has 36 heavy (non-hydrogen) atoms. The minimum atomic E-state index is -1.22. The summed E-state index contributed by atoms with van der Waals surface area (Å²) in [5, 5.41) is 22.2. The number of benzene rings is 2. The maximum absolute atomic E-state index is 13.3. The molecule has 1 amide bonds. The van der Waals surface area contributed by atoms with Crippen molar-refractivity contribution in [3.05, 3.63) is 104 Å². The van der Waals surface area contributed by atoms with Crippen LogP contribution >= 0.6 is 11.3 Å². The molecular weight excluding hydrogens is 486 g/mol. The van der Waals surface area contributed by atoms with Crippen molar-refractivity contribution in [2.45, 2.75) is 13.0 Å². The summed E-state index contributed by atoms with van der Waals surface area (Å²) in [5.41, 5.74) is 0.696. The monoisotopic (exact) mass is 505 g/mol. The van der Waals surface area contributed by atoms with Crippen molar-refractivity contribution in [3.8, 4) is 0 Å². The Bertz CT molecular complexity index is 1440. The molecule has 1 N–H and O–H groups in total. The second-order valence-electron chi connectivity index (χ2n) is 7.70. The van der Waals surface area contributed by atoms with Crippen molar-refractivity contribution in [1.82, 2.24) is 4.98 Å². The summed E-state index contributed by atoms with van der Waals surface area (Å²) in [4.78, 5) is 54.9. The normalized spacial score (nSPS) is 15.6. The molecule has 11 heteroatoms. The number of nitro benzene ring substituents is 1. The van der Waals surface area contributed by atoms with Gasteiger partial charge in [-0.2, -0.15) is 0 Å². The van der Waals surface area contributed by atoms with Gasteiger partial charge in [0.05, 0.1) is 29.3 Å². The number of ether oxygens (including phenoxy) is 1. The molecule has 182 valence electrons. The molecule has 0 spiro atoms. The molecule has 1 aromatic heterocycles. The molecular formula is C25H19N3O7S. The number of rotatable bonds is 7. The maximum atomic E-state index is 13.3.